The van der Waals surface area contributed by atoms with Crippen molar-refractivity contribution in [3.05, 3.63) is 42.2 Å². The van der Waals surface area contributed by atoms with Crippen LogP contribution in [0.15, 0.2) is 36.4 Å². The number of hydrogen-bond acceptors (Lipinski definition) is 7. The van der Waals surface area contributed by atoms with Crippen molar-refractivity contribution in [1.29, 1.82) is 0 Å². The summed E-state index contributed by atoms with van der Waals surface area (Å²) in [4.78, 5) is 25.1. The molecule has 3 rings (SSSR count). The number of benzene rings is 1. The van der Waals surface area contributed by atoms with Gasteiger partial charge in [-0.2, -0.15) is 0 Å². The van der Waals surface area contributed by atoms with Crippen LogP contribution in [-0.4, -0.2) is 57.2 Å². The van der Waals surface area contributed by atoms with Crippen molar-refractivity contribution in [2.75, 3.05) is 32.0 Å². The Kier molecular flexibility index (Phi) is 21.0. The van der Waals surface area contributed by atoms with Gasteiger partial charge in [-0.15, -0.1) is 0 Å². The zero-order chi connectivity index (χ0) is 37.4. The molecule has 0 saturated carbocycles. The van der Waals surface area contributed by atoms with Gasteiger partial charge in [-0.3, -0.25) is 4.79 Å². The summed E-state index contributed by atoms with van der Waals surface area (Å²) in [6.07, 6.45) is 28.3. The highest BCUT2D eigenvalue weighted by molar-refractivity contribution is 6.06. The number of rotatable bonds is 30. The molecule has 2 aromatic heterocycles. The molecule has 0 aliphatic heterocycles. The lowest BCUT2D eigenvalue weighted by atomic mass is 10.1. The number of anilines is 1. The molecule has 3 aromatic rings. The van der Waals surface area contributed by atoms with Gasteiger partial charge < -0.3 is 24.7 Å². The summed E-state index contributed by atoms with van der Waals surface area (Å²) in [6, 6.07) is 7.94. The number of nitrogen functional groups attached to an aromatic ring is 1. The molecule has 0 radical (unpaired) electrons. The van der Waals surface area contributed by atoms with Crippen LogP contribution in [0.4, 0.5) is 5.82 Å². The summed E-state index contributed by atoms with van der Waals surface area (Å²) < 4.78 is 13.9. The lowest BCUT2D eigenvalue weighted by molar-refractivity contribution is -0.157. The Labute approximate surface area is 316 Å². The van der Waals surface area contributed by atoms with Crippen LogP contribution in [0.3, 0.4) is 0 Å². The molecule has 0 aliphatic carbocycles. The fraction of sp³-hybridized carbons (Fsp3) is 0.705. The number of fused-ring (bicyclic) bond motifs is 3. The van der Waals surface area contributed by atoms with Gasteiger partial charge >= 0.3 is 5.97 Å². The molecular formula is C44H73N5O3. The summed E-state index contributed by atoms with van der Waals surface area (Å²) in [5, 5.41) is 0.967. The van der Waals surface area contributed by atoms with Crippen molar-refractivity contribution < 1.29 is 14.3 Å². The molecule has 0 fully saturated rings. The minimum atomic E-state index is -0.743. The molecule has 2 heterocycles. The Morgan fingerprint density at radius 3 is 2.06 bits per heavy atom. The highest BCUT2D eigenvalue weighted by Gasteiger charge is 2.27. The standard InChI is InChI=1S/C44H73N5O3/c1-6-9-10-11-12-13-14-15-16-17-18-19-20-21-22-27-33-48(32-7-2)34-28-23-24-31-40(50)52-44(4,5)36-49-39(35-51-8-3)47-41-42(49)37-29-25-26-30-38(37)46-43(41)45/h15-16,25-26,29-30H,6-14,17-24,27-28,31-36H2,1-5H3,(H2,45,46)/b16-15-. The fourth-order valence-electron chi connectivity index (χ4n) is 7.17. The van der Waals surface area contributed by atoms with Crippen LogP contribution in [0.25, 0.3) is 21.9 Å². The van der Waals surface area contributed by atoms with Crippen LogP contribution < -0.4 is 5.73 Å². The lowest BCUT2D eigenvalue weighted by Gasteiger charge is -2.27. The molecule has 8 heteroatoms. The van der Waals surface area contributed by atoms with Crippen LogP contribution in [0, 0.1) is 0 Å². The third-order valence-electron chi connectivity index (χ3n) is 9.93. The largest absolute Gasteiger partial charge is 0.458 e. The molecular weight excluding hydrogens is 647 g/mol. The molecule has 0 amide bonds. The van der Waals surface area contributed by atoms with E-state index >= 15 is 0 Å². The summed E-state index contributed by atoms with van der Waals surface area (Å²) in [5.41, 5.74) is 7.97. The number of esters is 1. The molecule has 0 atom stereocenters. The molecule has 1 aromatic carbocycles. The average Bonchev–Trinajstić information content (AvgIpc) is 3.47. The van der Waals surface area contributed by atoms with Gasteiger partial charge in [-0.05, 0) is 97.8 Å². The Bertz CT molecular complexity index is 1450. The highest BCUT2D eigenvalue weighted by Crippen LogP contribution is 2.31. The first kappa shape index (κ1) is 43.4. The van der Waals surface area contributed by atoms with E-state index in [2.05, 4.69) is 40.5 Å². The lowest BCUT2D eigenvalue weighted by Crippen LogP contribution is -2.34. The number of hydrogen-bond donors (Lipinski definition) is 1. The van der Waals surface area contributed by atoms with E-state index in [1.165, 1.54) is 103 Å². The maximum absolute atomic E-state index is 13.0. The molecule has 0 bridgehead atoms. The molecule has 0 saturated heterocycles. The average molecular weight is 720 g/mol. The second kappa shape index (κ2) is 25.1. The van der Waals surface area contributed by atoms with Gasteiger partial charge in [0.1, 0.15) is 23.5 Å². The number of carbonyl (C=O) groups is 1. The maximum atomic E-state index is 13.0. The molecule has 292 valence electrons. The van der Waals surface area contributed by atoms with Crippen molar-refractivity contribution in [1.82, 2.24) is 19.4 Å². The van der Waals surface area contributed by atoms with Crippen molar-refractivity contribution in [2.24, 2.45) is 0 Å². The smallest absolute Gasteiger partial charge is 0.306 e. The van der Waals surface area contributed by atoms with E-state index in [1.807, 2.05) is 45.0 Å². The predicted octanol–water partition coefficient (Wildman–Crippen LogP) is 11.3. The molecule has 0 unspecified atom stereocenters. The van der Waals surface area contributed by atoms with Gasteiger partial charge in [0.15, 0.2) is 5.82 Å². The van der Waals surface area contributed by atoms with Gasteiger partial charge in [0.05, 0.1) is 17.6 Å². The minimum Gasteiger partial charge on any atom is -0.458 e. The first-order valence-electron chi connectivity index (χ1n) is 21.0. The summed E-state index contributed by atoms with van der Waals surface area (Å²) in [5.74, 6) is 0.988. The Balaban J connectivity index is 1.32. The SMILES string of the molecule is CCCCCCCC/C=C\CCCCCCCCN(CCC)CCCCCC(=O)OC(C)(C)Cn1c(COCC)nc2c(N)nc3ccccc3c21. The number of allylic oxidation sites excluding steroid dienone is 2. The van der Waals surface area contributed by atoms with Gasteiger partial charge in [0.2, 0.25) is 0 Å². The number of unbranched alkanes of at least 4 members (excludes halogenated alkanes) is 14. The van der Waals surface area contributed by atoms with Crippen molar-refractivity contribution in [3.8, 4) is 0 Å². The van der Waals surface area contributed by atoms with Crippen LogP contribution in [-0.2, 0) is 27.4 Å². The van der Waals surface area contributed by atoms with Crippen LogP contribution >= 0.6 is 0 Å². The quantitative estimate of drug-likeness (QED) is 0.0416. The molecule has 2 N–H and O–H groups in total. The predicted molar refractivity (Wildman–Crippen MR) is 220 cm³/mol. The zero-order valence-electron chi connectivity index (χ0n) is 33.7. The van der Waals surface area contributed by atoms with Crippen molar-refractivity contribution >= 4 is 33.7 Å². The van der Waals surface area contributed by atoms with Crippen LogP contribution in [0.1, 0.15) is 162 Å². The maximum Gasteiger partial charge on any atom is 0.306 e. The van der Waals surface area contributed by atoms with E-state index in [4.69, 9.17) is 20.2 Å². The summed E-state index contributed by atoms with van der Waals surface area (Å²) in [6.45, 7) is 15.3. The monoisotopic (exact) mass is 720 g/mol. The van der Waals surface area contributed by atoms with E-state index < -0.39 is 5.60 Å². The Hall–Kier alpha value is -2.97. The van der Waals surface area contributed by atoms with Gasteiger partial charge in [-0.25, -0.2) is 9.97 Å². The van der Waals surface area contributed by atoms with E-state index in [1.54, 1.807) is 0 Å². The molecule has 52 heavy (non-hydrogen) atoms. The van der Waals surface area contributed by atoms with E-state index in [9.17, 15) is 4.79 Å². The summed E-state index contributed by atoms with van der Waals surface area (Å²) in [7, 11) is 0. The van der Waals surface area contributed by atoms with Crippen molar-refractivity contribution in [2.45, 2.75) is 175 Å². The third kappa shape index (κ3) is 16.0. The highest BCUT2D eigenvalue weighted by atomic mass is 16.6. The minimum absolute atomic E-state index is 0.151. The molecule has 8 nitrogen and oxygen atoms in total. The number of carbonyl (C=O) groups excluding carboxylic acids is 1. The first-order valence-corrected chi connectivity index (χ1v) is 21.0. The van der Waals surface area contributed by atoms with E-state index in [0.717, 1.165) is 54.6 Å². The van der Waals surface area contributed by atoms with Gasteiger partial charge in [0.25, 0.3) is 0 Å². The number of aromatic nitrogens is 3. The molecule has 0 aliphatic rings. The third-order valence-corrected chi connectivity index (χ3v) is 9.93. The number of ether oxygens (including phenoxy) is 2. The van der Waals surface area contributed by atoms with Gasteiger partial charge in [0, 0.05) is 18.4 Å². The zero-order valence-corrected chi connectivity index (χ0v) is 33.7. The second-order valence-electron chi connectivity index (χ2n) is 15.3. The number of nitrogens with zero attached hydrogens (tertiary/aromatic N) is 4. The fourth-order valence-corrected chi connectivity index (χ4v) is 7.17. The number of nitrogens with two attached hydrogens (primary N) is 1. The Morgan fingerprint density at radius 2 is 1.40 bits per heavy atom. The number of pyridine rings is 1. The van der Waals surface area contributed by atoms with Crippen LogP contribution in [0.5, 0.6) is 0 Å². The van der Waals surface area contributed by atoms with Crippen molar-refractivity contribution in [3.63, 3.8) is 0 Å². The number of para-hydroxylation sites is 1. The normalized spacial score (nSPS) is 12.3. The van der Waals surface area contributed by atoms with E-state index in [0.29, 0.717) is 37.5 Å². The topological polar surface area (TPSA) is 95.5 Å². The van der Waals surface area contributed by atoms with Crippen LogP contribution in [0.2, 0.25) is 0 Å². The Morgan fingerprint density at radius 1 is 0.788 bits per heavy atom. The molecule has 0 spiro atoms. The second-order valence-corrected chi connectivity index (χ2v) is 15.3. The van der Waals surface area contributed by atoms with Gasteiger partial charge in [-0.1, -0.05) is 108 Å². The van der Waals surface area contributed by atoms with E-state index in [-0.39, 0.29) is 5.97 Å². The summed E-state index contributed by atoms with van der Waals surface area (Å²) >= 11 is 0. The number of imidazole rings is 1. The first-order chi connectivity index (χ1) is 25.3.